The van der Waals surface area contributed by atoms with Gasteiger partial charge in [-0.15, -0.1) is 0 Å². The molecule has 0 bridgehead atoms. The number of carbonyl (C=O) groups excluding carboxylic acids is 1. The maximum absolute atomic E-state index is 11.8. The topological polar surface area (TPSA) is 60.9 Å². The van der Waals surface area contributed by atoms with E-state index in [0.717, 1.165) is 38.3 Å². The highest BCUT2D eigenvalue weighted by atomic mass is 16.4. The molecular weight excluding hydrogens is 292 g/mol. The van der Waals surface area contributed by atoms with E-state index in [0.29, 0.717) is 0 Å². The average Bonchev–Trinajstić information content (AvgIpc) is 2.87. The lowest BCUT2D eigenvalue weighted by molar-refractivity contribution is -0.145. The van der Waals surface area contributed by atoms with Crippen molar-refractivity contribution in [3.8, 4) is 0 Å². The standard InChI is InChI=1S/C18H32N2O3/c1-15(21)20(14-18(22)23)17-9-6-11-19(12-10-17)13-16-7-4-2-3-5-8-16/h16-17H,2-14H2,1H3,(H,22,23). The smallest absolute Gasteiger partial charge is 0.323 e. The molecule has 0 aromatic heterocycles. The van der Waals surface area contributed by atoms with E-state index in [1.807, 2.05) is 0 Å². The molecule has 1 aliphatic heterocycles. The molecule has 2 rings (SSSR count). The van der Waals surface area contributed by atoms with E-state index in [1.54, 1.807) is 4.90 Å². The summed E-state index contributed by atoms with van der Waals surface area (Å²) in [5.74, 6) is -0.202. The first-order valence-corrected chi connectivity index (χ1v) is 9.27. The van der Waals surface area contributed by atoms with Gasteiger partial charge in [-0.3, -0.25) is 9.59 Å². The number of amides is 1. The first kappa shape index (κ1) is 18.2. The lowest BCUT2D eigenvalue weighted by atomic mass is 9.99. The summed E-state index contributed by atoms with van der Waals surface area (Å²) < 4.78 is 0. The van der Waals surface area contributed by atoms with Gasteiger partial charge >= 0.3 is 5.97 Å². The summed E-state index contributed by atoms with van der Waals surface area (Å²) in [6.45, 7) is 4.59. The average molecular weight is 324 g/mol. The van der Waals surface area contributed by atoms with Crippen molar-refractivity contribution in [2.24, 2.45) is 5.92 Å². The number of carboxylic acid groups (broad SMARTS) is 1. The molecule has 1 N–H and O–H groups in total. The predicted octanol–water partition coefficient (Wildman–Crippen LogP) is 2.74. The third kappa shape index (κ3) is 6.13. The molecule has 5 heteroatoms. The SMILES string of the molecule is CC(=O)N(CC(=O)O)C1CCCN(CC2CCCCCC2)CC1. The largest absolute Gasteiger partial charge is 0.480 e. The minimum Gasteiger partial charge on any atom is -0.480 e. The fourth-order valence-corrected chi connectivity index (χ4v) is 4.19. The summed E-state index contributed by atoms with van der Waals surface area (Å²) in [7, 11) is 0. The van der Waals surface area contributed by atoms with Crippen LogP contribution in [0.15, 0.2) is 0 Å². The van der Waals surface area contributed by atoms with Crippen LogP contribution in [0.4, 0.5) is 0 Å². The molecule has 23 heavy (non-hydrogen) atoms. The summed E-state index contributed by atoms with van der Waals surface area (Å²) >= 11 is 0. The van der Waals surface area contributed by atoms with Crippen LogP contribution in [-0.4, -0.2) is 59.0 Å². The van der Waals surface area contributed by atoms with Gasteiger partial charge in [-0.1, -0.05) is 25.7 Å². The third-order valence-electron chi connectivity index (χ3n) is 5.43. The van der Waals surface area contributed by atoms with Gasteiger partial charge in [0.2, 0.25) is 5.91 Å². The third-order valence-corrected chi connectivity index (χ3v) is 5.43. The zero-order valence-corrected chi connectivity index (χ0v) is 14.5. The fraction of sp³-hybridized carbons (Fsp3) is 0.889. The van der Waals surface area contributed by atoms with E-state index in [4.69, 9.17) is 5.11 Å². The van der Waals surface area contributed by atoms with Gasteiger partial charge in [-0.2, -0.15) is 0 Å². The second-order valence-corrected chi connectivity index (χ2v) is 7.28. The van der Waals surface area contributed by atoms with Crippen LogP contribution in [0.1, 0.15) is 64.7 Å². The second kappa shape index (κ2) is 9.26. The molecule has 0 spiro atoms. The molecule has 1 atom stereocenters. The van der Waals surface area contributed by atoms with Crippen molar-refractivity contribution in [2.75, 3.05) is 26.2 Å². The highest BCUT2D eigenvalue weighted by Gasteiger charge is 2.27. The number of carboxylic acids is 1. The Bertz CT molecular complexity index is 392. The van der Waals surface area contributed by atoms with Gasteiger partial charge in [0.1, 0.15) is 6.54 Å². The van der Waals surface area contributed by atoms with Crippen LogP contribution in [-0.2, 0) is 9.59 Å². The molecule has 0 aromatic carbocycles. The van der Waals surface area contributed by atoms with E-state index in [9.17, 15) is 9.59 Å². The van der Waals surface area contributed by atoms with E-state index in [-0.39, 0.29) is 18.5 Å². The van der Waals surface area contributed by atoms with Crippen LogP contribution in [0.3, 0.4) is 0 Å². The quantitative estimate of drug-likeness (QED) is 0.790. The highest BCUT2D eigenvalue weighted by molar-refractivity contribution is 5.79. The predicted molar refractivity (Wildman–Crippen MR) is 90.3 cm³/mol. The Kier molecular flexibility index (Phi) is 7.34. The number of carbonyl (C=O) groups is 2. The number of hydrogen-bond donors (Lipinski definition) is 1. The van der Waals surface area contributed by atoms with Crippen LogP contribution >= 0.6 is 0 Å². The molecule has 5 nitrogen and oxygen atoms in total. The number of hydrogen-bond acceptors (Lipinski definition) is 3. The van der Waals surface area contributed by atoms with Crippen molar-refractivity contribution in [3.05, 3.63) is 0 Å². The van der Waals surface area contributed by atoms with Crippen LogP contribution in [0.5, 0.6) is 0 Å². The Morgan fingerprint density at radius 2 is 1.70 bits per heavy atom. The zero-order valence-electron chi connectivity index (χ0n) is 14.5. The molecule has 1 saturated heterocycles. The van der Waals surface area contributed by atoms with Gasteiger partial charge in [-0.25, -0.2) is 0 Å². The normalized spacial score (nSPS) is 24.7. The van der Waals surface area contributed by atoms with E-state index in [2.05, 4.69) is 4.90 Å². The van der Waals surface area contributed by atoms with E-state index < -0.39 is 5.97 Å². The molecule has 132 valence electrons. The molecule has 2 aliphatic rings. The number of aliphatic carboxylic acids is 1. The van der Waals surface area contributed by atoms with Crippen LogP contribution in [0.2, 0.25) is 0 Å². The molecule has 2 fully saturated rings. The minimum atomic E-state index is -0.917. The maximum Gasteiger partial charge on any atom is 0.323 e. The van der Waals surface area contributed by atoms with Crippen molar-refractivity contribution >= 4 is 11.9 Å². The summed E-state index contributed by atoms with van der Waals surface area (Å²) in [4.78, 5) is 26.9. The van der Waals surface area contributed by atoms with Crippen molar-refractivity contribution in [2.45, 2.75) is 70.8 Å². The summed E-state index contributed by atoms with van der Waals surface area (Å²) in [5, 5.41) is 9.02. The summed E-state index contributed by atoms with van der Waals surface area (Å²) in [5.41, 5.74) is 0. The Morgan fingerprint density at radius 3 is 2.30 bits per heavy atom. The van der Waals surface area contributed by atoms with Crippen molar-refractivity contribution in [3.63, 3.8) is 0 Å². The minimum absolute atomic E-state index is 0.0859. The number of nitrogens with zero attached hydrogens (tertiary/aromatic N) is 2. The van der Waals surface area contributed by atoms with Gasteiger partial charge in [-0.05, 0) is 44.6 Å². The maximum atomic E-state index is 11.8. The monoisotopic (exact) mass is 324 g/mol. The molecular formula is C18H32N2O3. The molecule has 0 radical (unpaired) electrons. The Labute approximate surface area is 140 Å². The Balaban J connectivity index is 1.85. The zero-order chi connectivity index (χ0) is 16.7. The molecule has 1 amide bonds. The first-order chi connectivity index (χ1) is 11.1. The van der Waals surface area contributed by atoms with Gasteiger partial charge in [0.05, 0.1) is 0 Å². The van der Waals surface area contributed by atoms with E-state index >= 15 is 0 Å². The molecule has 1 heterocycles. The van der Waals surface area contributed by atoms with Crippen molar-refractivity contribution < 1.29 is 14.7 Å². The van der Waals surface area contributed by atoms with Crippen molar-refractivity contribution in [1.82, 2.24) is 9.80 Å². The molecule has 1 saturated carbocycles. The lowest BCUT2D eigenvalue weighted by Gasteiger charge is -2.29. The second-order valence-electron chi connectivity index (χ2n) is 7.28. The van der Waals surface area contributed by atoms with Gasteiger partial charge in [0.15, 0.2) is 0 Å². The highest BCUT2D eigenvalue weighted by Crippen LogP contribution is 2.25. The fourth-order valence-electron chi connectivity index (χ4n) is 4.19. The molecule has 1 aliphatic carbocycles. The lowest BCUT2D eigenvalue weighted by Crippen LogP contribution is -2.43. The van der Waals surface area contributed by atoms with Gasteiger partial charge in [0.25, 0.3) is 0 Å². The van der Waals surface area contributed by atoms with Gasteiger partial charge in [0, 0.05) is 26.1 Å². The summed E-state index contributed by atoms with van der Waals surface area (Å²) in [6, 6.07) is 0.0859. The van der Waals surface area contributed by atoms with Crippen LogP contribution in [0, 0.1) is 5.92 Å². The molecule has 0 aromatic rings. The van der Waals surface area contributed by atoms with Crippen molar-refractivity contribution in [1.29, 1.82) is 0 Å². The molecule has 1 unspecified atom stereocenters. The van der Waals surface area contributed by atoms with Crippen LogP contribution < -0.4 is 0 Å². The first-order valence-electron chi connectivity index (χ1n) is 9.27. The Hall–Kier alpha value is -1.10. The van der Waals surface area contributed by atoms with Gasteiger partial charge < -0.3 is 14.9 Å². The van der Waals surface area contributed by atoms with Crippen LogP contribution in [0.25, 0.3) is 0 Å². The number of likely N-dealkylation sites (tertiary alicyclic amines) is 1. The summed E-state index contributed by atoms with van der Waals surface area (Å²) in [6.07, 6.45) is 11.1. The number of rotatable bonds is 5. The Morgan fingerprint density at radius 1 is 1.00 bits per heavy atom. The van der Waals surface area contributed by atoms with E-state index in [1.165, 1.54) is 52.0 Å².